The summed E-state index contributed by atoms with van der Waals surface area (Å²) >= 11 is 0. The van der Waals surface area contributed by atoms with Gasteiger partial charge in [-0.2, -0.15) is 5.26 Å². The molecule has 0 aliphatic carbocycles. The number of hydrogen-bond donors (Lipinski definition) is 0. The van der Waals surface area contributed by atoms with Crippen LogP contribution in [0.25, 0.3) is 11.6 Å². The van der Waals surface area contributed by atoms with Crippen molar-refractivity contribution in [2.75, 3.05) is 0 Å². The summed E-state index contributed by atoms with van der Waals surface area (Å²) in [4.78, 5) is 0. The van der Waals surface area contributed by atoms with Crippen LogP contribution < -0.4 is 0 Å². The fraction of sp³-hybridized carbons (Fsp3) is 0.312. The molecule has 0 saturated heterocycles. The summed E-state index contributed by atoms with van der Waals surface area (Å²) in [5, 5.41) is 17.6. The van der Waals surface area contributed by atoms with Crippen LogP contribution in [0.15, 0.2) is 18.2 Å². The first-order chi connectivity index (χ1) is 10.7. The van der Waals surface area contributed by atoms with Gasteiger partial charge in [-0.25, -0.2) is 8.78 Å². The fourth-order valence-electron chi connectivity index (χ4n) is 2.61. The Balaban J connectivity index is 2.05. The van der Waals surface area contributed by atoms with Crippen LogP contribution in [-0.4, -0.2) is 14.8 Å². The molecule has 0 atom stereocenters. The number of nitrogens with zero attached hydrogens (tertiary/aromatic N) is 4. The van der Waals surface area contributed by atoms with E-state index in [4.69, 9.17) is 0 Å². The molecule has 4 nitrogen and oxygen atoms in total. The largest absolute Gasteiger partial charge is 0.310 e. The summed E-state index contributed by atoms with van der Waals surface area (Å²) in [7, 11) is 0. The molecule has 0 unspecified atom stereocenters. The molecular weight excluding hydrogens is 286 g/mol. The molecule has 1 aromatic carbocycles. The minimum atomic E-state index is -0.579. The summed E-state index contributed by atoms with van der Waals surface area (Å²) < 4.78 is 28.9. The van der Waals surface area contributed by atoms with Crippen molar-refractivity contribution in [1.82, 2.24) is 14.8 Å². The van der Waals surface area contributed by atoms with Crippen LogP contribution in [0.2, 0.25) is 0 Å². The highest BCUT2D eigenvalue weighted by molar-refractivity contribution is 5.87. The maximum Gasteiger partial charge on any atom is 0.174 e. The first kappa shape index (κ1) is 14.4. The Bertz CT molecular complexity index is 771. The number of aryl methyl sites for hydroxylation is 1. The lowest BCUT2D eigenvalue weighted by Gasteiger charge is -2.06. The van der Waals surface area contributed by atoms with E-state index < -0.39 is 11.6 Å². The summed E-state index contributed by atoms with van der Waals surface area (Å²) in [5.41, 5.74) is 0.215. The van der Waals surface area contributed by atoms with E-state index in [0.29, 0.717) is 5.82 Å². The van der Waals surface area contributed by atoms with Gasteiger partial charge in [0.25, 0.3) is 0 Å². The second-order valence-electron chi connectivity index (χ2n) is 5.24. The number of allylic oxidation sites excluding steroid dienone is 1. The van der Waals surface area contributed by atoms with Gasteiger partial charge in [-0.1, -0.05) is 6.42 Å². The molecule has 112 valence electrons. The Kier molecular flexibility index (Phi) is 3.96. The highest BCUT2D eigenvalue weighted by Gasteiger charge is 2.18. The normalized spacial score (nSPS) is 15.0. The zero-order chi connectivity index (χ0) is 15.5. The Hall–Kier alpha value is -2.55. The van der Waals surface area contributed by atoms with Crippen molar-refractivity contribution < 1.29 is 8.78 Å². The van der Waals surface area contributed by atoms with Crippen molar-refractivity contribution in [3.05, 3.63) is 47.0 Å². The molecule has 0 fully saturated rings. The molecular formula is C16H14F2N4. The van der Waals surface area contributed by atoms with Gasteiger partial charge in [0.1, 0.15) is 23.5 Å². The SMILES string of the molecule is N#C/C(=C/c1cc(F)ccc1F)c1nnc2n1CCCCC2. The Labute approximate surface area is 126 Å². The molecule has 0 N–H and O–H groups in total. The van der Waals surface area contributed by atoms with Crippen LogP contribution in [0.5, 0.6) is 0 Å². The van der Waals surface area contributed by atoms with Gasteiger partial charge in [-0.15, -0.1) is 10.2 Å². The fourth-order valence-corrected chi connectivity index (χ4v) is 2.61. The zero-order valence-electron chi connectivity index (χ0n) is 11.9. The van der Waals surface area contributed by atoms with E-state index in [0.717, 1.165) is 56.3 Å². The van der Waals surface area contributed by atoms with E-state index in [-0.39, 0.29) is 11.1 Å². The van der Waals surface area contributed by atoms with Crippen molar-refractivity contribution in [2.24, 2.45) is 0 Å². The first-order valence-corrected chi connectivity index (χ1v) is 7.18. The van der Waals surface area contributed by atoms with Crippen LogP contribution in [0.3, 0.4) is 0 Å². The number of benzene rings is 1. The second-order valence-corrected chi connectivity index (χ2v) is 5.24. The molecule has 1 aliphatic heterocycles. The van der Waals surface area contributed by atoms with E-state index in [2.05, 4.69) is 10.2 Å². The molecule has 0 radical (unpaired) electrons. The monoisotopic (exact) mass is 300 g/mol. The van der Waals surface area contributed by atoms with E-state index >= 15 is 0 Å². The zero-order valence-corrected chi connectivity index (χ0v) is 11.9. The molecule has 3 rings (SSSR count). The van der Waals surface area contributed by atoms with Crippen molar-refractivity contribution in [1.29, 1.82) is 5.26 Å². The van der Waals surface area contributed by atoms with E-state index in [1.54, 1.807) is 0 Å². The summed E-state index contributed by atoms with van der Waals surface area (Å²) in [6.07, 6.45) is 5.28. The molecule has 22 heavy (non-hydrogen) atoms. The van der Waals surface area contributed by atoms with Gasteiger partial charge in [0, 0.05) is 18.5 Å². The quantitative estimate of drug-likeness (QED) is 0.799. The van der Waals surface area contributed by atoms with E-state index in [1.165, 1.54) is 6.08 Å². The molecule has 2 aromatic rings. The average molecular weight is 300 g/mol. The molecule has 1 aromatic heterocycles. The predicted octanol–water partition coefficient (Wildman–Crippen LogP) is 3.35. The Morgan fingerprint density at radius 1 is 1.23 bits per heavy atom. The van der Waals surface area contributed by atoms with Crippen molar-refractivity contribution in [2.45, 2.75) is 32.2 Å². The van der Waals surface area contributed by atoms with Crippen LogP contribution in [0.4, 0.5) is 8.78 Å². The second kappa shape index (κ2) is 6.06. The molecule has 0 spiro atoms. The first-order valence-electron chi connectivity index (χ1n) is 7.18. The van der Waals surface area contributed by atoms with E-state index in [9.17, 15) is 14.0 Å². The number of aromatic nitrogens is 3. The lowest BCUT2D eigenvalue weighted by molar-refractivity contribution is 0.598. The summed E-state index contributed by atoms with van der Waals surface area (Å²) in [6, 6.07) is 5.17. The molecule has 6 heteroatoms. The van der Waals surface area contributed by atoms with Crippen LogP contribution in [0, 0.1) is 23.0 Å². The van der Waals surface area contributed by atoms with Gasteiger partial charge in [0.2, 0.25) is 0 Å². The minimum absolute atomic E-state index is 0.0301. The highest BCUT2D eigenvalue weighted by Crippen LogP contribution is 2.22. The lowest BCUT2D eigenvalue weighted by Crippen LogP contribution is -2.05. The molecule has 1 aliphatic rings. The van der Waals surface area contributed by atoms with Gasteiger partial charge in [-0.3, -0.25) is 0 Å². The average Bonchev–Trinajstić information content (AvgIpc) is 2.76. The summed E-state index contributed by atoms with van der Waals surface area (Å²) in [5.74, 6) is 0.131. The number of hydrogen-bond acceptors (Lipinski definition) is 3. The Morgan fingerprint density at radius 2 is 2.09 bits per heavy atom. The van der Waals surface area contributed by atoms with Gasteiger partial charge in [0.15, 0.2) is 5.82 Å². The number of fused-ring (bicyclic) bond motifs is 1. The van der Waals surface area contributed by atoms with Gasteiger partial charge >= 0.3 is 0 Å². The van der Waals surface area contributed by atoms with Gasteiger partial charge < -0.3 is 4.57 Å². The third-order valence-corrected chi connectivity index (χ3v) is 3.73. The van der Waals surface area contributed by atoms with Crippen molar-refractivity contribution in [3.63, 3.8) is 0 Å². The maximum absolute atomic E-state index is 13.7. The molecule has 2 heterocycles. The van der Waals surface area contributed by atoms with Crippen LogP contribution in [-0.2, 0) is 13.0 Å². The number of rotatable bonds is 2. The van der Waals surface area contributed by atoms with Gasteiger partial charge in [-0.05, 0) is 37.1 Å². The lowest BCUT2D eigenvalue weighted by atomic mass is 10.1. The predicted molar refractivity (Wildman–Crippen MR) is 77.4 cm³/mol. The van der Waals surface area contributed by atoms with Crippen molar-refractivity contribution >= 4 is 11.6 Å². The number of nitriles is 1. The standard InChI is InChI=1S/C16H14F2N4/c17-13-5-6-14(18)11(9-13)8-12(10-19)16-21-20-15-4-2-1-3-7-22(15)16/h5-6,8-9H,1-4,7H2/b12-8-. The van der Waals surface area contributed by atoms with Crippen molar-refractivity contribution in [3.8, 4) is 6.07 Å². The van der Waals surface area contributed by atoms with E-state index in [1.807, 2.05) is 10.6 Å². The topological polar surface area (TPSA) is 54.5 Å². The van der Waals surface area contributed by atoms with Crippen LogP contribution in [0.1, 0.15) is 36.5 Å². The number of halogens is 2. The van der Waals surface area contributed by atoms with Gasteiger partial charge in [0.05, 0.1) is 5.57 Å². The summed E-state index contributed by atoms with van der Waals surface area (Å²) in [6.45, 7) is 0.738. The Morgan fingerprint density at radius 3 is 2.91 bits per heavy atom. The maximum atomic E-state index is 13.7. The molecule has 0 saturated carbocycles. The molecule has 0 bridgehead atoms. The molecule has 0 amide bonds. The third kappa shape index (κ3) is 2.75. The third-order valence-electron chi connectivity index (χ3n) is 3.73. The highest BCUT2D eigenvalue weighted by atomic mass is 19.1. The van der Waals surface area contributed by atoms with Crippen LogP contribution >= 0.6 is 0 Å². The smallest absolute Gasteiger partial charge is 0.174 e. The minimum Gasteiger partial charge on any atom is -0.310 e.